The minimum Gasteiger partial charge on any atom is -0.349 e. The first kappa shape index (κ1) is 22.3. The molecule has 6 rings (SSSR count). The topological polar surface area (TPSA) is 86.9 Å². The van der Waals surface area contributed by atoms with Crippen LogP contribution in [0.3, 0.4) is 0 Å². The van der Waals surface area contributed by atoms with Crippen LogP contribution in [0.4, 0.5) is 0 Å². The molecule has 3 aromatic rings. The summed E-state index contributed by atoms with van der Waals surface area (Å²) < 4.78 is 0. The van der Waals surface area contributed by atoms with E-state index in [1.54, 1.807) is 0 Å². The number of carbonyl (C=O) groups excluding carboxylic acids is 2. The largest absolute Gasteiger partial charge is 0.349 e. The van der Waals surface area contributed by atoms with Gasteiger partial charge < -0.3 is 15.6 Å². The van der Waals surface area contributed by atoms with Crippen LogP contribution in [0.15, 0.2) is 42.5 Å². The normalized spacial score (nSPS) is 24.4. The first-order valence-corrected chi connectivity index (χ1v) is 13.3. The van der Waals surface area contributed by atoms with Crippen molar-refractivity contribution in [3.63, 3.8) is 0 Å². The summed E-state index contributed by atoms with van der Waals surface area (Å²) in [5.74, 6) is 2.20. The monoisotopic (exact) mass is 470 g/mol. The second-order valence-electron chi connectivity index (χ2n) is 10.8. The standard InChI is InChI=1S/C29H34N4O2/c34-28(30-23-5-3-1-2-4-6-23)20-11-9-19(10-12-20)27-31-24-14-13-22(17-26(24)32-27)29(35)33-25-16-18-7-8-21(25)15-18/h9-14,17-18,21,23,25H,1-8,15-16H2,(H,30,34)(H,31,32)(H,33,35). The van der Waals surface area contributed by atoms with E-state index in [2.05, 4.69) is 15.6 Å². The number of hydrogen-bond acceptors (Lipinski definition) is 3. The number of nitrogens with zero attached hydrogens (tertiary/aromatic N) is 1. The summed E-state index contributed by atoms with van der Waals surface area (Å²) in [6.07, 6.45) is 12.1. The average Bonchev–Trinajstić information content (AvgIpc) is 3.56. The van der Waals surface area contributed by atoms with Crippen LogP contribution in [0, 0.1) is 11.8 Å². The summed E-state index contributed by atoms with van der Waals surface area (Å²) in [6, 6.07) is 13.9. The van der Waals surface area contributed by atoms with Crippen molar-refractivity contribution in [2.75, 3.05) is 0 Å². The van der Waals surface area contributed by atoms with Gasteiger partial charge in [0.2, 0.25) is 0 Å². The fourth-order valence-corrected chi connectivity index (χ4v) is 6.43. The molecule has 35 heavy (non-hydrogen) atoms. The third-order valence-corrected chi connectivity index (χ3v) is 8.41. The summed E-state index contributed by atoms with van der Waals surface area (Å²) in [7, 11) is 0. The maximum atomic E-state index is 12.9. The minimum absolute atomic E-state index is 0.000746. The van der Waals surface area contributed by atoms with Gasteiger partial charge in [-0.3, -0.25) is 9.59 Å². The number of hydrogen-bond donors (Lipinski definition) is 3. The summed E-state index contributed by atoms with van der Waals surface area (Å²) in [5, 5.41) is 6.47. The molecule has 2 aromatic carbocycles. The van der Waals surface area contributed by atoms with Crippen molar-refractivity contribution in [3.8, 4) is 11.4 Å². The van der Waals surface area contributed by atoms with Crippen LogP contribution >= 0.6 is 0 Å². The highest BCUT2D eigenvalue weighted by molar-refractivity contribution is 5.98. The third-order valence-electron chi connectivity index (χ3n) is 8.41. The van der Waals surface area contributed by atoms with Crippen molar-refractivity contribution in [2.45, 2.75) is 76.3 Å². The predicted molar refractivity (Wildman–Crippen MR) is 137 cm³/mol. The van der Waals surface area contributed by atoms with Crippen LogP contribution in [0.25, 0.3) is 22.4 Å². The zero-order valence-corrected chi connectivity index (χ0v) is 20.2. The molecule has 2 amide bonds. The van der Waals surface area contributed by atoms with E-state index in [1.165, 1.54) is 44.9 Å². The first-order chi connectivity index (χ1) is 17.1. The second-order valence-corrected chi connectivity index (χ2v) is 10.8. The molecule has 0 aliphatic heterocycles. The number of aromatic nitrogens is 2. The fourth-order valence-electron chi connectivity index (χ4n) is 6.43. The smallest absolute Gasteiger partial charge is 0.251 e. The van der Waals surface area contributed by atoms with Crippen LogP contribution in [0.5, 0.6) is 0 Å². The maximum absolute atomic E-state index is 12.9. The van der Waals surface area contributed by atoms with Crippen molar-refractivity contribution in [3.05, 3.63) is 53.6 Å². The molecule has 0 radical (unpaired) electrons. The molecule has 3 fully saturated rings. The number of imidazole rings is 1. The lowest BCUT2D eigenvalue weighted by atomic mass is 9.95. The van der Waals surface area contributed by atoms with Gasteiger partial charge in [-0.05, 0) is 74.3 Å². The average molecular weight is 471 g/mol. The van der Waals surface area contributed by atoms with Crippen molar-refractivity contribution >= 4 is 22.8 Å². The van der Waals surface area contributed by atoms with Crippen molar-refractivity contribution < 1.29 is 9.59 Å². The minimum atomic E-state index is -0.000746. The zero-order chi connectivity index (χ0) is 23.8. The Morgan fingerprint density at radius 2 is 1.54 bits per heavy atom. The van der Waals surface area contributed by atoms with Gasteiger partial charge in [0.05, 0.1) is 11.0 Å². The molecule has 3 atom stereocenters. The van der Waals surface area contributed by atoms with Gasteiger partial charge in [-0.25, -0.2) is 4.98 Å². The van der Waals surface area contributed by atoms with E-state index in [-0.39, 0.29) is 17.9 Å². The Hall–Kier alpha value is -3.15. The molecular formula is C29H34N4O2. The van der Waals surface area contributed by atoms with Crippen LogP contribution in [0.2, 0.25) is 0 Å². The van der Waals surface area contributed by atoms with Gasteiger partial charge in [0.1, 0.15) is 5.82 Å². The number of aromatic amines is 1. The quantitative estimate of drug-likeness (QED) is 0.424. The van der Waals surface area contributed by atoms with Gasteiger partial charge in [0.15, 0.2) is 0 Å². The number of carbonyl (C=O) groups is 2. The second kappa shape index (κ2) is 9.48. The highest BCUT2D eigenvalue weighted by atomic mass is 16.2. The molecule has 3 saturated carbocycles. The van der Waals surface area contributed by atoms with E-state index in [0.717, 1.165) is 47.6 Å². The van der Waals surface area contributed by atoms with Gasteiger partial charge in [-0.2, -0.15) is 0 Å². The Labute approximate surface area is 206 Å². The Balaban J connectivity index is 1.13. The van der Waals surface area contributed by atoms with Crippen molar-refractivity contribution in [1.82, 2.24) is 20.6 Å². The number of nitrogens with one attached hydrogen (secondary N) is 3. The van der Waals surface area contributed by atoms with E-state index in [0.29, 0.717) is 23.1 Å². The zero-order valence-electron chi connectivity index (χ0n) is 20.2. The highest BCUT2D eigenvalue weighted by Crippen LogP contribution is 2.44. The Morgan fingerprint density at radius 1 is 0.800 bits per heavy atom. The highest BCUT2D eigenvalue weighted by Gasteiger charge is 2.40. The van der Waals surface area contributed by atoms with E-state index >= 15 is 0 Å². The van der Waals surface area contributed by atoms with Crippen molar-refractivity contribution in [2.24, 2.45) is 11.8 Å². The molecular weight excluding hydrogens is 436 g/mol. The van der Waals surface area contributed by atoms with Crippen LogP contribution in [0.1, 0.15) is 84.9 Å². The molecule has 6 heteroatoms. The molecule has 2 bridgehead atoms. The van der Waals surface area contributed by atoms with E-state index in [9.17, 15) is 9.59 Å². The Bertz CT molecular complexity index is 1220. The van der Waals surface area contributed by atoms with Crippen LogP contribution in [-0.2, 0) is 0 Å². The van der Waals surface area contributed by atoms with Crippen molar-refractivity contribution in [1.29, 1.82) is 0 Å². The Morgan fingerprint density at radius 3 is 2.26 bits per heavy atom. The lowest BCUT2D eigenvalue weighted by Gasteiger charge is -2.22. The number of benzene rings is 2. The Kier molecular flexibility index (Phi) is 6.05. The van der Waals surface area contributed by atoms with E-state index in [1.807, 2.05) is 42.5 Å². The molecule has 1 heterocycles. The molecule has 0 saturated heterocycles. The predicted octanol–water partition coefficient (Wildman–Crippen LogP) is 5.60. The number of amides is 2. The molecule has 0 spiro atoms. The van der Waals surface area contributed by atoms with Crippen LogP contribution in [-0.4, -0.2) is 33.9 Å². The fraction of sp³-hybridized carbons (Fsp3) is 0.483. The molecule has 3 aliphatic rings. The lowest BCUT2D eigenvalue weighted by molar-refractivity contribution is 0.0918. The molecule has 182 valence electrons. The van der Waals surface area contributed by atoms with E-state index in [4.69, 9.17) is 4.98 Å². The summed E-state index contributed by atoms with van der Waals surface area (Å²) in [4.78, 5) is 33.7. The van der Waals surface area contributed by atoms with Gasteiger partial charge in [0.25, 0.3) is 11.8 Å². The molecule has 3 N–H and O–H groups in total. The first-order valence-electron chi connectivity index (χ1n) is 13.3. The lowest BCUT2D eigenvalue weighted by Crippen LogP contribution is -2.38. The number of rotatable bonds is 5. The number of H-pyrrole nitrogens is 1. The third kappa shape index (κ3) is 4.71. The summed E-state index contributed by atoms with van der Waals surface area (Å²) in [6.45, 7) is 0. The van der Waals surface area contributed by atoms with Gasteiger partial charge in [-0.15, -0.1) is 0 Å². The maximum Gasteiger partial charge on any atom is 0.251 e. The van der Waals surface area contributed by atoms with Crippen LogP contribution < -0.4 is 10.6 Å². The van der Waals surface area contributed by atoms with Gasteiger partial charge in [-0.1, -0.05) is 44.2 Å². The molecule has 3 unspecified atom stereocenters. The summed E-state index contributed by atoms with van der Waals surface area (Å²) >= 11 is 0. The van der Waals surface area contributed by atoms with Gasteiger partial charge in [0, 0.05) is 28.8 Å². The van der Waals surface area contributed by atoms with E-state index < -0.39 is 0 Å². The van der Waals surface area contributed by atoms with Gasteiger partial charge >= 0.3 is 0 Å². The molecule has 3 aliphatic carbocycles. The SMILES string of the molecule is O=C(NC1CCCCCC1)c1ccc(-c2nc3ccc(C(=O)NC4CC5CCC4C5)cc3[nH]2)cc1. The molecule has 1 aromatic heterocycles. The molecule has 6 nitrogen and oxygen atoms in total. The summed E-state index contributed by atoms with van der Waals surface area (Å²) in [5.41, 5.74) is 3.93. The number of fused-ring (bicyclic) bond motifs is 3.